The highest BCUT2D eigenvalue weighted by Gasteiger charge is 2.37. The molecule has 0 aromatic heterocycles. The quantitative estimate of drug-likeness (QED) is 0.760. The molecule has 4 nitrogen and oxygen atoms in total. The van der Waals surface area contributed by atoms with Crippen LogP contribution in [0, 0.1) is 0 Å². The first kappa shape index (κ1) is 10.5. The fourth-order valence-corrected chi connectivity index (χ4v) is 2.72. The van der Waals surface area contributed by atoms with E-state index < -0.39 is 0 Å². The molecule has 1 amide bonds. The van der Waals surface area contributed by atoms with Gasteiger partial charge in [-0.15, -0.1) is 0 Å². The largest absolute Gasteiger partial charge is 0.379 e. The van der Waals surface area contributed by atoms with Crippen LogP contribution in [-0.2, 0) is 9.53 Å². The molecule has 1 saturated carbocycles. The molecular formula is C12H20N2O2. The molecule has 3 aliphatic rings. The third kappa shape index (κ3) is 2.09. The molecule has 1 aliphatic carbocycles. The first-order valence-corrected chi connectivity index (χ1v) is 6.49. The van der Waals surface area contributed by atoms with Crippen molar-refractivity contribution in [3.05, 3.63) is 0 Å². The number of carbonyl (C=O) groups excluding carboxylic acids is 1. The van der Waals surface area contributed by atoms with Crippen LogP contribution in [0.25, 0.3) is 0 Å². The predicted molar refractivity (Wildman–Crippen MR) is 60.1 cm³/mol. The maximum atomic E-state index is 12.3. The Hall–Kier alpha value is -0.610. The second-order valence-electron chi connectivity index (χ2n) is 5.18. The molecule has 3 rings (SSSR count). The van der Waals surface area contributed by atoms with Gasteiger partial charge in [-0.3, -0.25) is 4.79 Å². The molecule has 0 bridgehead atoms. The molecule has 0 spiro atoms. The van der Waals surface area contributed by atoms with Crippen molar-refractivity contribution in [1.82, 2.24) is 10.2 Å². The summed E-state index contributed by atoms with van der Waals surface area (Å²) in [5.41, 5.74) is 0. The van der Waals surface area contributed by atoms with E-state index >= 15 is 0 Å². The van der Waals surface area contributed by atoms with Crippen LogP contribution in [-0.4, -0.2) is 48.7 Å². The van der Waals surface area contributed by atoms with E-state index in [2.05, 4.69) is 10.2 Å². The van der Waals surface area contributed by atoms with Crippen molar-refractivity contribution in [3.63, 3.8) is 0 Å². The third-order valence-corrected chi connectivity index (χ3v) is 3.83. The molecule has 2 aliphatic heterocycles. The summed E-state index contributed by atoms with van der Waals surface area (Å²) in [4.78, 5) is 14.3. The number of rotatable bonds is 3. The molecule has 2 unspecified atom stereocenters. The summed E-state index contributed by atoms with van der Waals surface area (Å²) in [6, 6.07) is 1.05. The summed E-state index contributed by atoms with van der Waals surface area (Å²) in [7, 11) is 0. The minimum Gasteiger partial charge on any atom is -0.379 e. The first-order valence-electron chi connectivity index (χ1n) is 6.49. The van der Waals surface area contributed by atoms with Gasteiger partial charge in [0.25, 0.3) is 0 Å². The molecule has 1 N–H and O–H groups in total. The zero-order valence-electron chi connectivity index (χ0n) is 9.65. The number of ether oxygens (including phenoxy) is 1. The van der Waals surface area contributed by atoms with Gasteiger partial charge in [0.2, 0.25) is 5.91 Å². The Morgan fingerprint density at radius 3 is 2.81 bits per heavy atom. The Balaban J connectivity index is 1.62. The highest BCUT2D eigenvalue weighted by atomic mass is 16.5. The third-order valence-electron chi connectivity index (χ3n) is 3.83. The van der Waals surface area contributed by atoms with Crippen LogP contribution in [0.1, 0.15) is 32.1 Å². The summed E-state index contributed by atoms with van der Waals surface area (Å²) in [6.45, 7) is 2.48. The Kier molecular flexibility index (Phi) is 2.86. The van der Waals surface area contributed by atoms with Gasteiger partial charge in [0.15, 0.2) is 0 Å². The Bertz CT molecular complexity index is 272. The maximum absolute atomic E-state index is 12.3. The van der Waals surface area contributed by atoms with Crippen molar-refractivity contribution < 1.29 is 9.53 Å². The molecule has 0 aromatic carbocycles. The van der Waals surface area contributed by atoms with Crippen LogP contribution in [0.5, 0.6) is 0 Å². The fourth-order valence-electron chi connectivity index (χ4n) is 2.72. The van der Waals surface area contributed by atoms with Crippen LogP contribution >= 0.6 is 0 Å². The standard InChI is InChI=1S/C12H20N2O2/c15-12-11(13-9-3-4-9)2-1-6-14(12)10-5-7-16-8-10/h9-11,13H,1-8H2. The van der Waals surface area contributed by atoms with Crippen molar-refractivity contribution >= 4 is 5.91 Å². The van der Waals surface area contributed by atoms with Gasteiger partial charge >= 0.3 is 0 Å². The molecule has 2 heterocycles. The lowest BCUT2D eigenvalue weighted by Crippen LogP contribution is -2.54. The topological polar surface area (TPSA) is 41.6 Å². The smallest absolute Gasteiger partial charge is 0.240 e. The minimum atomic E-state index is 0.0850. The van der Waals surface area contributed by atoms with Gasteiger partial charge in [-0.1, -0.05) is 0 Å². The van der Waals surface area contributed by atoms with E-state index in [1.54, 1.807) is 0 Å². The van der Waals surface area contributed by atoms with Crippen LogP contribution in [0.15, 0.2) is 0 Å². The van der Waals surface area contributed by atoms with Crippen LogP contribution in [0.4, 0.5) is 0 Å². The molecule has 0 radical (unpaired) electrons. The second-order valence-corrected chi connectivity index (χ2v) is 5.18. The van der Waals surface area contributed by atoms with Gasteiger partial charge < -0.3 is 15.0 Å². The van der Waals surface area contributed by atoms with E-state index in [1.807, 2.05) is 0 Å². The number of hydrogen-bond donors (Lipinski definition) is 1. The highest BCUT2D eigenvalue weighted by molar-refractivity contribution is 5.83. The van der Waals surface area contributed by atoms with Crippen molar-refractivity contribution in [2.75, 3.05) is 19.8 Å². The number of carbonyl (C=O) groups is 1. The van der Waals surface area contributed by atoms with Crippen molar-refractivity contribution in [2.24, 2.45) is 0 Å². The lowest BCUT2D eigenvalue weighted by molar-refractivity contribution is -0.138. The van der Waals surface area contributed by atoms with Crippen molar-refractivity contribution in [2.45, 2.75) is 50.2 Å². The summed E-state index contributed by atoms with van der Waals surface area (Å²) in [6.07, 6.45) is 5.65. The normalized spacial score (nSPS) is 35.8. The molecule has 2 saturated heterocycles. The molecule has 16 heavy (non-hydrogen) atoms. The zero-order valence-corrected chi connectivity index (χ0v) is 9.65. The highest BCUT2D eigenvalue weighted by Crippen LogP contribution is 2.24. The Labute approximate surface area is 96.3 Å². The average molecular weight is 224 g/mol. The SMILES string of the molecule is O=C1C(NC2CC2)CCCN1C1CCOC1. The van der Waals surface area contributed by atoms with Gasteiger partial charge in [0, 0.05) is 19.2 Å². The number of nitrogens with one attached hydrogen (secondary N) is 1. The predicted octanol–water partition coefficient (Wildman–Crippen LogP) is 0.518. The Morgan fingerprint density at radius 1 is 1.25 bits per heavy atom. The van der Waals surface area contributed by atoms with Crippen molar-refractivity contribution in [1.29, 1.82) is 0 Å². The van der Waals surface area contributed by atoms with Crippen LogP contribution in [0.3, 0.4) is 0 Å². The molecular weight excluding hydrogens is 204 g/mol. The van der Waals surface area contributed by atoms with Gasteiger partial charge in [-0.25, -0.2) is 0 Å². The van der Waals surface area contributed by atoms with Crippen molar-refractivity contribution in [3.8, 4) is 0 Å². The van der Waals surface area contributed by atoms with E-state index in [-0.39, 0.29) is 6.04 Å². The van der Waals surface area contributed by atoms with Crippen LogP contribution < -0.4 is 5.32 Å². The number of amides is 1. The van der Waals surface area contributed by atoms with Gasteiger partial charge in [0.05, 0.1) is 18.7 Å². The number of piperidine rings is 1. The van der Waals surface area contributed by atoms with E-state index in [0.29, 0.717) is 18.0 Å². The van der Waals surface area contributed by atoms with Gasteiger partial charge in [-0.05, 0) is 32.1 Å². The second kappa shape index (κ2) is 4.34. The number of likely N-dealkylation sites (tertiary alicyclic amines) is 1. The molecule has 4 heteroatoms. The summed E-state index contributed by atoms with van der Waals surface area (Å²) >= 11 is 0. The maximum Gasteiger partial charge on any atom is 0.240 e. The lowest BCUT2D eigenvalue weighted by atomic mass is 10.0. The molecule has 3 fully saturated rings. The lowest BCUT2D eigenvalue weighted by Gasteiger charge is -2.36. The number of nitrogens with zero attached hydrogens (tertiary/aromatic N) is 1. The summed E-state index contributed by atoms with van der Waals surface area (Å²) in [5.74, 6) is 0.314. The Morgan fingerprint density at radius 2 is 2.12 bits per heavy atom. The average Bonchev–Trinajstić information content (AvgIpc) is 2.94. The van der Waals surface area contributed by atoms with Crippen LogP contribution in [0.2, 0.25) is 0 Å². The summed E-state index contributed by atoms with van der Waals surface area (Å²) in [5, 5.41) is 3.46. The van der Waals surface area contributed by atoms with E-state index in [1.165, 1.54) is 12.8 Å². The fraction of sp³-hybridized carbons (Fsp3) is 0.917. The molecule has 90 valence electrons. The summed E-state index contributed by atoms with van der Waals surface area (Å²) < 4.78 is 5.37. The zero-order chi connectivity index (χ0) is 11.0. The van der Waals surface area contributed by atoms with E-state index in [4.69, 9.17) is 4.74 Å². The van der Waals surface area contributed by atoms with Gasteiger partial charge in [-0.2, -0.15) is 0 Å². The molecule has 0 aromatic rings. The monoisotopic (exact) mass is 224 g/mol. The van der Waals surface area contributed by atoms with Gasteiger partial charge in [0.1, 0.15) is 0 Å². The van der Waals surface area contributed by atoms with E-state index in [0.717, 1.165) is 39.0 Å². The minimum absolute atomic E-state index is 0.0850. The first-order chi connectivity index (χ1) is 7.84. The molecule has 2 atom stereocenters. The van der Waals surface area contributed by atoms with E-state index in [9.17, 15) is 4.79 Å². The number of hydrogen-bond acceptors (Lipinski definition) is 3.